The Morgan fingerprint density at radius 3 is 2.38 bits per heavy atom. The molecule has 0 aliphatic heterocycles. The molecule has 24 heavy (non-hydrogen) atoms. The Morgan fingerprint density at radius 1 is 1.00 bits per heavy atom. The summed E-state index contributed by atoms with van der Waals surface area (Å²) >= 11 is 0. The van der Waals surface area contributed by atoms with Gasteiger partial charge in [0.05, 0.1) is 27.4 Å². The number of ether oxygens (including phenoxy) is 3. The molecule has 1 atom stereocenters. The second-order valence-electron chi connectivity index (χ2n) is 5.67. The van der Waals surface area contributed by atoms with Crippen LogP contribution in [0.5, 0.6) is 17.2 Å². The third kappa shape index (κ3) is 2.61. The van der Waals surface area contributed by atoms with Gasteiger partial charge in [-0.1, -0.05) is 6.07 Å². The quantitative estimate of drug-likeness (QED) is 0.938. The smallest absolute Gasteiger partial charge is 0.203 e. The molecule has 0 aromatic heterocycles. The van der Waals surface area contributed by atoms with Crippen molar-refractivity contribution in [2.45, 2.75) is 18.9 Å². The summed E-state index contributed by atoms with van der Waals surface area (Å²) in [5.41, 5.74) is 3.19. The van der Waals surface area contributed by atoms with E-state index < -0.39 is 6.10 Å². The first-order valence-corrected chi connectivity index (χ1v) is 7.75. The number of aliphatic hydroxyl groups excluding tert-OH is 1. The molecule has 0 amide bonds. The van der Waals surface area contributed by atoms with E-state index in [0.717, 1.165) is 16.7 Å². The Bertz CT molecular complexity index is 829. The maximum atomic E-state index is 11.8. The summed E-state index contributed by atoms with van der Waals surface area (Å²) in [5.74, 6) is 1.62. The topological polar surface area (TPSA) is 65.0 Å². The Balaban J connectivity index is 2.42. The summed E-state index contributed by atoms with van der Waals surface area (Å²) in [5, 5.41) is 10.5. The zero-order chi connectivity index (χ0) is 17.3. The molecule has 0 spiro atoms. The first kappa shape index (κ1) is 16.3. The van der Waals surface area contributed by atoms with E-state index in [2.05, 4.69) is 0 Å². The molecule has 0 saturated carbocycles. The number of rotatable bonds is 3. The van der Waals surface area contributed by atoms with E-state index in [1.54, 1.807) is 33.5 Å². The van der Waals surface area contributed by atoms with E-state index in [1.807, 2.05) is 6.07 Å². The van der Waals surface area contributed by atoms with Crippen molar-refractivity contribution in [2.75, 3.05) is 21.3 Å². The van der Waals surface area contributed by atoms with Gasteiger partial charge >= 0.3 is 0 Å². The molecule has 1 N–H and O–H groups in total. The predicted octanol–water partition coefficient (Wildman–Crippen LogP) is 2.72. The lowest BCUT2D eigenvalue weighted by molar-refractivity contribution is 0.169. The molecule has 3 rings (SSSR count). The number of benzene rings is 1. The fraction of sp³-hybridized carbons (Fsp3) is 0.316. The summed E-state index contributed by atoms with van der Waals surface area (Å²) in [6.45, 7) is 0. The minimum atomic E-state index is -0.652. The third-order valence-corrected chi connectivity index (χ3v) is 4.38. The molecular formula is C19H20O5. The minimum absolute atomic E-state index is 0.115. The molecular weight excluding hydrogens is 308 g/mol. The van der Waals surface area contributed by atoms with Gasteiger partial charge in [-0.3, -0.25) is 4.79 Å². The van der Waals surface area contributed by atoms with Gasteiger partial charge in [0.1, 0.15) is 0 Å². The third-order valence-electron chi connectivity index (χ3n) is 4.38. The molecule has 0 saturated heterocycles. The largest absolute Gasteiger partial charge is 0.493 e. The Kier molecular flexibility index (Phi) is 4.44. The van der Waals surface area contributed by atoms with Crippen LogP contribution >= 0.6 is 0 Å². The summed E-state index contributed by atoms with van der Waals surface area (Å²) in [4.78, 5) is 11.8. The molecule has 1 aliphatic carbocycles. The van der Waals surface area contributed by atoms with Crippen LogP contribution in [-0.4, -0.2) is 26.4 Å². The maximum absolute atomic E-state index is 11.8. The highest BCUT2D eigenvalue weighted by Gasteiger charge is 2.27. The van der Waals surface area contributed by atoms with Gasteiger partial charge in [0.25, 0.3) is 0 Å². The average Bonchev–Trinajstić information content (AvgIpc) is 2.86. The summed E-state index contributed by atoms with van der Waals surface area (Å²) < 4.78 is 16.5. The van der Waals surface area contributed by atoms with Gasteiger partial charge in [0.15, 0.2) is 16.9 Å². The van der Waals surface area contributed by atoms with Crippen LogP contribution in [0.1, 0.15) is 23.7 Å². The lowest BCUT2D eigenvalue weighted by Gasteiger charge is -2.19. The summed E-state index contributed by atoms with van der Waals surface area (Å²) in [6.07, 6.45) is 0.563. The molecule has 126 valence electrons. The molecule has 0 unspecified atom stereocenters. The van der Waals surface area contributed by atoms with Crippen LogP contribution in [0, 0.1) is 0 Å². The van der Waals surface area contributed by atoms with Gasteiger partial charge in [0, 0.05) is 5.56 Å². The molecule has 2 aromatic carbocycles. The van der Waals surface area contributed by atoms with Crippen LogP contribution in [0.15, 0.2) is 35.1 Å². The predicted molar refractivity (Wildman–Crippen MR) is 91.1 cm³/mol. The normalized spacial score (nSPS) is 15.8. The van der Waals surface area contributed by atoms with Crippen molar-refractivity contribution < 1.29 is 19.3 Å². The van der Waals surface area contributed by atoms with Gasteiger partial charge in [-0.15, -0.1) is 0 Å². The minimum Gasteiger partial charge on any atom is -0.493 e. The van der Waals surface area contributed by atoms with Gasteiger partial charge in [-0.05, 0) is 53.8 Å². The van der Waals surface area contributed by atoms with E-state index in [4.69, 9.17) is 14.2 Å². The maximum Gasteiger partial charge on any atom is 0.203 e. The molecule has 0 fully saturated rings. The van der Waals surface area contributed by atoms with Gasteiger partial charge in [-0.2, -0.15) is 0 Å². The van der Waals surface area contributed by atoms with Gasteiger partial charge < -0.3 is 19.3 Å². The molecule has 1 aliphatic rings. The van der Waals surface area contributed by atoms with Crippen molar-refractivity contribution in [3.63, 3.8) is 0 Å². The van der Waals surface area contributed by atoms with Crippen LogP contribution in [0.2, 0.25) is 0 Å². The zero-order valence-electron chi connectivity index (χ0n) is 14.0. The Labute approximate surface area is 140 Å². The van der Waals surface area contributed by atoms with E-state index in [-0.39, 0.29) is 5.43 Å². The second kappa shape index (κ2) is 6.53. The lowest BCUT2D eigenvalue weighted by Crippen LogP contribution is -2.00. The average molecular weight is 328 g/mol. The lowest BCUT2D eigenvalue weighted by atomic mass is 9.96. The van der Waals surface area contributed by atoms with Crippen molar-refractivity contribution in [2.24, 2.45) is 0 Å². The Morgan fingerprint density at radius 2 is 1.71 bits per heavy atom. The summed E-state index contributed by atoms with van der Waals surface area (Å²) in [7, 11) is 4.70. The summed E-state index contributed by atoms with van der Waals surface area (Å²) in [6, 6.07) is 8.30. The molecule has 0 heterocycles. The van der Waals surface area contributed by atoms with Crippen LogP contribution in [0.4, 0.5) is 0 Å². The van der Waals surface area contributed by atoms with Crippen LogP contribution < -0.4 is 19.6 Å². The van der Waals surface area contributed by atoms with Crippen molar-refractivity contribution in [1.82, 2.24) is 0 Å². The van der Waals surface area contributed by atoms with Crippen molar-refractivity contribution in [3.8, 4) is 28.4 Å². The Hall–Kier alpha value is -2.53. The molecule has 0 radical (unpaired) electrons. The molecule has 0 bridgehead atoms. The van der Waals surface area contributed by atoms with Crippen LogP contribution in [0.25, 0.3) is 11.1 Å². The van der Waals surface area contributed by atoms with E-state index in [1.165, 1.54) is 12.1 Å². The standard InChI is InChI=1S/C19H20O5/c1-22-16-10-11-4-9-15(21)13-7-5-12(20)6-8-14(13)17(11)19(24-3)18(16)23-2/h5-8,10,15,21H,4,9H2,1-3H3/t15-/m1/s1. The van der Waals surface area contributed by atoms with E-state index >= 15 is 0 Å². The van der Waals surface area contributed by atoms with Crippen molar-refractivity contribution in [1.29, 1.82) is 0 Å². The SMILES string of the molecule is COc1cc2c(c(OC)c1OC)-c1ccc(=O)ccc1[C@H](O)CC2. The monoisotopic (exact) mass is 328 g/mol. The van der Waals surface area contributed by atoms with Crippen LogP contribution in [-0.2, 0) is 6.42 Å². The fourth-order valence-corrected chi connectivity index (χ4v) is 3.24. The number of hydrogen-bond acceptors (Lipinski definition) is 5. The molecule has 2 aromatic rings. The van der Waals surface area contributed by atoms with E-state index in [0.29, 0.717) is 35.7 Å². The number of hydrogen-bond donors (Lipinski definition) is 1. The number of aliphatic hydroxyl groups is 1. The number of fused-ring (bicyclic) bond motifs is 3. The zero-order valence-corrected chi connectivity index (χ0v) is 14.0. The van der Waals surface area contributed by atoms with Crippen molar-refractivity contribution >= 4 is 0 Å². The van der Waals surface area contributed by atoms with Crippen LogP contribution in [0.3, 0.4) is 0 Å². The van der Waals surface area contributed by atoms with Gasteiger partial charge in [-0.25, -0.2) is 0 Å². The number of methoxy groups -OCH3 is 3. The molecule has 5 heteroatoms. The highest BCUT2D eigenvalue weighted by atomic mass is 16.5. The second-order valence-corrected chi connectivity index (χ2v) is 5.67. The first-order valence-electron chi connectivity index (χ1n) is 7.75. The highest BCUT2D eigenvalue weighted by molar-refractivity contribution is 5.82. The first-order chi connectivity index (χ1) is 11.6. The fourth-order valence-electron chi connectivity index (χ4n) is 3.24. The van der Waals surface area contributed by atoms with Gasteiger partial charge in [0.2, 0.25) is 5.75 Å². The molecule has 5 nitrogen and oxygen atoms in total. The number of aryl methyl sites for hydroxylation is 1. The highest BCUT2D eigenvalue weighted by Crippen LogP contribution is 2.49. The van der Waals surface area contributed by atoms with E-state index in [9.17, 15) is 9.90 Å². The van der Waals surface area contributed by atoms with Crippen molar-refractivity contribution in [3.05, 3.63) is 51.7 Å².